The molecule has 4 heterocycles. The molecule has 2 aromatic heterocycles. The summed E-state index contributed by atoms with van der Waals surface area (Å²) in [6.07, 6.45) is 8.88. The number of aromatic nitrogens is 5. The molecule has 8 nitrogen and oxygen atoms in total. The average Bonchev–Trinajstić information content (AvgIpc) is 3.67. The highest BCUT2D eigenvalue weighted by atomic mass is 32.2. The summed E-state index contributed by atoms with van der Waals surface area (Å²) in [6.45, 7) is 4.20. The number of nitrogens with zero attached hydrogens (tertiary/aromatic N) is 6. The van der Waals surface area contributed by atoms with E-state index in [2.05, 4.69) is 42.5 Å². The first-order valence-corrected chi connectivity index (χ1v) is 13.6. The Bertz CT molecular complexity index is 1290. The minimum atomic E-state index is -0.999. The number of nitrogens with one attached hydrogen (secondary N) is 1. The maximum atomic E-state index is 15.8. The summed E-state index contributed by atoms with van der Waals surface area (Å²) >= 11 is 1.51. The van der Waals surface area contributed by atoms with E-state index in [-0.39, 0.29) is 23.4 Å². The SMILES string of the molecule is CSc1cc(-c2ccc(-c3ncc(N(C4CC4)[C@@H]4C[C@@]5(C)CC[C@](C)(N5)[C@@H]4F)nn3)c(O)c2)cnn1. The van der Waals surface area contributed by atoms with Crippen molar-refractivity contribution in [2.45, 2.75) is 80.3 Å². The van der Waals surface area contributed by atoms with Crippen molar-refractivity contribution >= 4 is 17.6 Å². The van der Waals surface area contributed by atoms with Crippen LogP contribution in [0, 0.1) is 0 Å². The smallest absolute Gasteiger partial charge is 0.185 e. The molecule has 1 aliphatic carbocycles. The van der Waals surface area contributed by atoms with Crippen LogP contribution >= 0.6 is 11.8 Å². The van der Waals surface area contributed by atoms with Crippen molar-refractivity contribution in [2.24, 2.45) is 0 Å². The molecule has 6 rings (SSSR count). The van der Waals surface area contributed by atoms with Crippen molar-refractivity contribution in [2.75, 3.05) is 11.2 Å². The lowest BCUT2D eigenvalue weighted by Gasteiger charge is -2.48. The Labute approximate surface area is 214 Å². The van der Waals surface area contributed by atoms with Crippen LogP contribution in [0.4, 0.5) is 10.2 Å². The third kappa shape index (κ3) is 4.10. The monoisotopic (exact) mass is 507 g/mol. The molecule has 3 fully saturated rings. The van der Waals surface area contributed by atoms with Gasteiger partial charge in [-0.25, -0.2) is 9.37 Å². The first kappa shape index (κ1) is 23.5. The van der Waals surface area contributed by atoms with Gasteiger partial charge in [0.1, 0.15) is 16.9 Å². The molecular weight excluding hydrogens is 477 g/mol. The number of rotatable bonds is 6. The number of fused-ring (bicyclic) bond motifs is 2. The molecule has 0 radical (unpaired) electrons. The van der Waals surface area contributed by atoms with E-state index in [1.54, 1.807) is 24.5 Å². The van der Waals surface area contributed by atoms with Crippen molar-refractivity contribution in [3.63, 3.8) is 0 Å². The Morgan fingerprint density at radius 2 is 1.92 bits per heavy atom. The lowest BCUT2D eigenvalue weighted by Crippen LogP contribution is -2.66. The molecule has 0 spiro atoms. The van der Waals surface area contributed by atoms with E-state index >= 15 is 4.39 Å². The molecule has 1 saturated carbocycles. The van der Waals surface area contributed by atoms with Crippen LogP contribution in [0.3, 0.4) is 0 Å². The third-order valence-corrected chi connectivity index (χ3v) is 8.53. The molecule has 0 amide bonds. The number of halogens is 1. The van der Waals surface area contributed by atoms with Gasteiger partial charge in [0.05, 0.1) is 24.0 Å². The van der Waals surface area contributed by atoms with Gasteiger partial charge in [0.25, 0.3) is 0 Å². The summed E-state index contributed by atoms with van der Waals surface area (Å²) in [6, 6.07) is 7.28. The van der Waals surface area contributed by atoms with Gasteiger partial charge in [-0.15, -0.1) is 27.1 Å². The van der Waals surface area contributed by atoms with E-state index in [9.17, 15) is 5.11 Å². The number of thioether (sulfide) groups is 1. The predicted molar refractivity (Wildman–Crippen MR) is 138 cm³/mol. The third-order valence-electron chi connectivity index (χ3n) is 7.91. The van der Waals surface area contributed by atoms with Crippen LogP contribution in [0.25, 0.3) is 22.5 Å². The molecule has 3 aliphatic rings. The van der Waals surface area contributed by atoms with Crippen LogP contribution in [0.2, 0.25) is 0 Å². The van der Waals surface area contributed by atoms with Crippen LogP contribution in [0.5, 0.6) is 5.75 Å². The van der Waals surface area contributed by atoms with Crippen molar-refractivity contribution in [1.29, 1.82) is 0 Å². The number of aromatic hydroxyl groups is 1. The molecule has 2 N–H and O–H groups in total. The minimum absolute atomic E-state index is 0.0585. The average molecular weight is 508 g/mol. The minimum Gasteiger partial charge on any atom is -0.507 e. The highest BCUT2D eigenvalue weighted by molar-refractivity contribution is 7.98. The number of phenols is 1. The van der Waals surface area contributed by atoms with Crippen molar-refractivity contribution < 1.29 is 9.50 Å². The van der Waals surface area contributed by atoms with Gasteiger partial charge >= 0.3 is 0 Å². The fourth-order valence-corrected chi connectivity index (χ4v) is 6.31. The number of piperidine rings is 1. The fourth-order valence-electron chi connectivity index (χ4n) is 5.94. The molecule has 3 aromatic rings. The molecule has 4 atom stereocenters. The molecule has 10 heteroatoms. The Morgan fingerprint density at radius 1 is 1.08 bits per heavy atom. The van der Waals surface area contributed by atoms with Crippen LogP contribution in [-0.2, 0) is 0 Å². The van der Waals surface area contributed by atoms with Gasteiger partial charge in [-0.05, 0) is 76.0 Å². The van der Waals surface area contributed by atoms with E-state index in [0.29, 0.717) is 17.2 Å². The Kier molecular flexibility index (Phi) is 5.64. The summed E-state index contributed by atoms with van der Waals surface area (Å²) in [4.78, 5) is 6.66. The molecule has 2 bridgehead atoms. The van der Waals surface area contributed by atoms with E-state index < -0.39 is 11.7 Å². The van der Waals surface area contributed by atoms with Gasteiger partial charge in [0.15, 0.2) is 11.6 Å². The number of benzene rings is 1. The highest BCUT2D eigenvalue weighted by Crippen LogP contribution is 2.47. The van der Waals surface area contributed by atoms with E-state index in [1.807, 2.05) is 25.3 Å². The second kappa shape index (κ2) is 8.62. The van der Waals surface area contributed by atoms with E-state index in [4.69, 9.17) is 0 Å². The fraction of sp³-hybridized carbons (Fsp3) is 0.500. The summed E-state index contributed by atoms with van der Waals surface area (Å²) < 4.78 is 15.8. The Hall–Kier alpha value is -2.85. The lowest BCUT2D eigenvalue weighted by molar-refractivity contribution is 0.0831. The second-order valence-corrected chi connectivity index (χ2v) is 11.6. The second-order valence-electron chi connectivity index (χ2n) is 10.8. The number of hydrogen-bond acceptors (Lipinski definition) is 9. The van der Waals surface area contributed by atoms with Gasteiger partial charge in [-0.1, -0.05) is 6.07 Å². The van der Waals surface area contributed by atoms with Crippen molar-refractivity contribution in [3.8, 4) is 28.3 Å². The van der Waals surface area contributed by atoms with Crippen LogP contribution in [-0.4, -0.2) is 66.1 Å². The van der Waals surface area contributed by atoms with Gasteiger partial charge in [0.2, 0.25) is 0 Å². The number of anilines is 1. The molecule has 188 valence electrons. The standard InChI is InChI=1S/C26H30FN7OS/c1-25-8-9-26(2,33-25)23(27)19(12-25)34(17-5-6-17)21-14-28-24(32-30-21)18-7-4-15(10-20(18)35)16-11-22(36-3)31-29-13-16/h4,7,10-11,13-14,17,19,23,33,35H,5-6,8-9,12H2,1-3H3/t19-,23-,25-,26+/m1/s1. The quantitative estimate of drug-likeness (QED) is 0.470. The summed E-state index contributed by atoms with van der Waals surface area (Å²) in [5.41, 5.74) is 1.60. The molecular formula is C26H30FN7OS. The van der Waals surface area contributed by atoms with Crippen molar-refractivity contribution in [1.82, 2.24) is 30.7 Å². The highest BCUT2D eigenvalue weighted by Gasteiger charge is 2.58. The topological polar surface area (TPSA) is 100.0 Å². The van der Waals surface area contributed by atoms with Crippen LogP contribution in [0.15, 0.2) is 41.7 Å². The van der Waals surface area contributed by atoms with Crippen LogP contribution < -0.4 is 10.2 Å². The van der Waals surface area contributed by atoms with Gasteiger partial charge in [0, 0.05) is 22.7 Å². The van der Waals surface area contributed by atoms with Gasteiger partial charge in [-0.3, -0.25) is 0 Å². The first-order chi connectivity index (χ1) is 17.3. The van der Waals surface area contributed by atoms with Gasteiger partial charge in [-0.2, -0.15) is 5.10 Å². The summed E-state index contributed by atoms with van der Waals surface area (Å²) in [5.74, 6) is 0.992. The largest absolute Gasteiger partial charge is 0.507 e. The Balaban J connectivity index is 1.27. The number of hydrogen-bond donors (Lipinski definition) is 2. The summed E-state index contributed by atoms with van der Waals surface area (Å²) in [7, 11) is 0. The maximum Gasteiger partial charge on any atom is 0.185 e. The van der Waals surface area contributed by atoms with Gasteiger partial charge < -0.3 is 15.3 Å². The molecule has 1 aromatic carbocycles. The first-order valence-electron chi connectivity index (χ1n) is 12.4. The summed E-state index contributed by atoms with van der Waals surface area (Å²) in [5, 5.41) is 32.0. The zero-order valence-electron chi connectivity index (χ0n) is 20.6. The van der Waals surface area contributed by atoms with Crippen LogP contribution in [0.1, 0.15) is 46.0 Å². The van der Waals surface area contributed by atoms with Crippen molar-refractivity contribution in [3.05, 3.63) is 36.7 Å². The normalized spacial score (nSPS) is 29.3. The zero-order chi connectivity index (χ0) is 25.1. The maximum absolute atomic E-state index is 15.8. The number of alkyl halides is 1. The molecule has 2 aliphatic heterocycles. The van der Waals surface area contributed by atoms with E-state index in [0.717, 1.165) is 48.3 Å². The lowest BCUT2D eigenvalue weighted by atomic mass is 9.82. The zero-order valence-corrected chi connectivity index (χ0v) is 21.5. The Morgan fingerprint density at radius 3 is 2.61 bits per heavy atom. The predicted octanol–water partition coefficient (Wildman–Crippen LogP) is 4.40. The molecule has 2 saturated heterocycles. The number of phenolic OH excluding ortho intramolecular Hbond substituents is 1. The van der Waals surface area contributed by atoms with E-state index in [1.165, 1.54) is 11.8 Å². The molecule has 36 heavy (non-hydrogen) atoms. The molecule has 0 unspecified atom stereocenters.